The Morgan fingerprint density at radius 3 is 2.23 bits per heavy atom. The molecule has 31 heavy (non-hydrogen) atoms. The number of carbonyl (C=O) groups excluding carboxylic acids is 3. The summed E-state index contributed by atoms with van der Waals surface area (Å²) in [5, 5.41) is 8.20. The van der Waals surface area contributed by atoms with Gasteiger partial charge in [0.1, 0.15) is 12.6 Å². The van der Waals surface area contributed by atoms with Crippen LogP contribution >= 0.6 is 0 Å². The lowest BCUT2D eigenvalue weighted by atomic mass is 10.1. The van der Waals surface area contributed by atoms with Gasteiger partial charge in [-0.1, -0.05) is 82.7 Å². The molecular weight excluding hydrogens is 394 g/mol. The van der Waals surface area contributed by atoms with Crippen LogP contribution in [-0.2, 0) is 20.9 Å². The average molecular weight is 434 g/mol. The molecule has 0 aliphatic carbocycles. The van der Waals surface area contributed by atoms with Gasteiger partial charge in [0.05, 0.1) is 6.54 Å². The van der Waals surface area contributed by atoms with Crippen molar-refractivity contribution in [2.75, 3.05) is 13.1 Å². The maximum atomic E-state index is 12.6. The van der Waals surface area contributed by atoms with Gasteiger partial charge in [-0.05, 0) is 18.4 Å². The summed E-state index contributed by atoms with van der Waals surface area (Å²) in [5.74, 6) is -0.469. The van der Waals surface area contributed by atoms with Gasteiger partial charge < -0.3 is 20.7 Å². The van der Waals surface area contributed by atoms with Gasteiger partial charge in [0.2, 0.25) is 11.8 Å². The molecule has 1 aromatic carbocycles. The number of hydrogen-bond acceptors (Lipinski definition) is 4. The van der Waals surface area contributed by atoms with Gasteiger partial charge in [0.25, 0.3) is 0 Å². The molecule has 0 saturated carbocycles. The highest BCUT2D eigenvalue weighted by Crippen LogP contribution is 2.03. The van der Waals surface area contributed by atoms with Crippen molar-refractivity contribution in [3.63, 3.8) is 0 Å². The van der Waals surface area contributed by atoms with E-state index < -0.39 is 12.1 Å². The molecule has 3 N–H and O–H groups in total. The summed E-state index contributed by atoms with van der Waals surface area (Å²) in [5.41, 5.74) is 0.874. The van der Waals surface area contributed by atoms with Crippen LogP contribution in [0.3, 0.4) is 0 Å². The van der Waals surface area contributed by atoms with Crippen LogP contribution in [0.1, 0.15) is 77.2 Å². The van der Waals surface area contributed by atoms with Crippen molar-refractivity contribution >= 4 is 17.9 Å². The van der Waals surface area contributed by atoms with E-state index in [1.165, 1.54) is 0 Å². The third-order valence-corrected chi connectivity index (χ3v) is 4.90. The van der Waals surface area contributed by atoms with Gasteiger partial charge in [0.15, 0.2) is 0 Å². The second-order valence-electron chi connectivity index (χ2n) is 7.73. The number of rotatable bonds is 16. The number of hydrogen-bond donors (Lipinski definition) is 3. The molecule has 7 nitrogen and oxygen atoms in total. The summed E-state index contributed by atoms with van der Waals surface area (Å²) in [6.07, 6.45) is 7.91. The van der Waals surface area contributed by atoms with Crippen LogP contribution in [0.15, 0.2) is 30.3 Å². The predicted molar refractivity (Wildman–Crippen MR) is 122 cm³/mol. The summed E-state index contributed by atoms with van der Waals surface area (Å²) in [4.78, 5) is 36.8. The van der Waals surface area contributed by atoms with E-state index in [-0.39, 0.29) is 25.0 Å². The SMILES string of the molecule is CCCCCCNC(=O)[C@H](CNC(=O)OCc1ccccc1)NC(=O)CCCCCC. The van der Waals surface area contributed by atoms with E-state index in [1.54, 1.807) is 0 Å². The van der Waals surface area contributed by atoms with Crippen LogP contribution in [0.5, 0.6) is 0 Å². The Morgan fingerprint density at radius 2 is 1.55 bits per heavy atom. The first-order chi connectivity index (χ1) is 15.1. The van der Waals surface area contributed by atoms with E-state index in [0.717, 1.165) is 56.9 Å². The Hall–Kier alpha value is -2.57. The number of unbranched alkanes of at least 4 members (excludes halogenated alkanes) is 6. The first kappa shape index (κ1) is 26.5. The summed E-state index contributed by atoms with van der Waals surface area (Å²) in [6.45, 7) is 4.93. The number of alkyl carbamates (subject to hydrolysis) is 1. The van der Waals surface area contributed by atoms with Gasteiger partial charge in [-0.3, -0.25) is 9.59 Å². The van der Waals surface area contributed by atoms with Crippen LogP contribution < -0.4 is 16.0 Å². The molecule has 1 atom stereocenters. The fourth-order valence-electron chi connectivity index (χ4n) is 3.03. The molecular formula is C24H39N3O4. The normalized spacial score (nSPS) is 11.4. The van der Waals surface area contributed by atoms with Crippen LogP contribution in [0, 0.1) is 0 Å². The molecule has 3 amide bonds. The van der Waals surface area contributed by atoms with Gasteiger partial charge in [-0.25, -0.2) is 4.79 Å². The molecule has 0 aliphatic heterocycles. The third-order valence-electron chi connectivity index (χ3n) is 4.90. The molecule has 0 spiro atoms. The monoisotopic (exact) mass is 433 g/mol. The second-order valence-corrected chi connectivity index (χ2v) is 7.73. The predicted octanol–water partition coefficient (Wildman–Crippen LogP) is 4.06. The van der Waals surface area contributed by atoms with Crippen molar-refractivity contribution < 1.29 is 19.1 Å². The zero-order chi connectivity index (χ0) is 22.7. The average Bonchev–Trinajstić information content (AvgIpc) is 2.78. The number of amides is 3. The third kappa shape index (κ3) is 13.4. The quantitative estimate of drug-likeness (QED) is 0.343. The minimum atomic E-state index is -0.825. The van der Waals surface area contributed by atoms with E-state index in [0.29, 0.717) is 13.0 Å². The molecule has 0 heterocycles. The van der Waals surface area contributed by atoms with Crippen molar-refractivity contribution in [3.05, 3.63) is 35.9 Å². The zero-order valence-corrected chi connectivity index (χ0v) is 19.1. The lowest BCUT2D eigenvalue weighted by Crippen LogP contribution is -2.52. The first-order valence-electron chi connectivity index (χ1n) is 11.6. The number of ether oxygens (including phenoxy) is 1. The summed E-state index contributed by atoms with van der Waals surface area (Å²) < 4.78 is 5.19. The Bertz CT molecular complexity index is 637. The van der Waals surface area contributed by atoms with Gasteiger partial charge in [-0.2, -0.15) is 0 Å². The second kappa shape index (κ2) is 17.1. The van der Waals surface area contributed by atoms with E-state index in [2.05, 4.69) is 29.8 Å². The molecule has 0 fully saturated rings. The van der Waals surface area contributed by atoms with Crippen molar-refractivity contribution in [1.29, 1.82) is 0 Å². The number of benzene rings is 1. The maximum absolute atomic E-state index is 12.6. The van der Waals surface area contributed by atoms with Gasteiger partial charge in [0, 0.05) is 13.0 Å². The molecule has 0 saturated heterocycles. The van der Waals surface area contributed by atoms with Crippen molar-refractivity contribution in [3.8, 4) is 0 Å². The van der Waals surface area contributed by atoms with Crippen LogP contribution in [0.2, 0.25) is 0 Å². The van der Waals surface area contributed by atoms with E-state index >= 15 is 0 Å². The lowest BCUT2D eigenvalue weighted by Gasteiger charge is -2.19. The number of carbonyl (C=O) groups is 3. The maximum Gasteiger partial charge on any atom is 0.407 e. The molecule has 0 unspecified atom stereocenters. The lowest BCUT2D eigenvalue weighted by molar-refractivity contribution is -0.129. The fraction of sp³-hybridized carbons (Fsp3) is 0.625. The molecule has 174 valence electrons. The van der Waals surface area contributed by atoms with Crippen LogP contribution in [0.25, 0.3) is 0 Å². The van der Waals surface area contributed by atoms with E-state index in [1.807, 2.05) is 30.3 Å². The van der Waals surface area contributed by atoms with Crippen molar-refractivity contribution in [1.82, 2.24) is 16.0 Å². The highest BCUT2D eigenvalue weighted by atomic mass is 16.5. The Kier molecular flexibility index (Phi) is 14.6. The molecule has 1 aromatic rings. The zero-order valence-electron chi connectivity index (χ0n) is 19.1. The van der Waals surface area contributed by atoms with Crippen LogP contribution in [-0.4, -0.2) is 37.0 Å². The highest BCUT2D eigenvalue weighted by Gasteiger charge is 2.21. The van der Waals surface area contributed by atoms with Crippen LogP contribution in [0.4, 0.5) is 4.79 Å². The van der Waals surface area contributed by atoms with Crippen molar-refractivity contribution in [2.45, 2.75) is 84.3 Å². The van der Waals surface area contributed by atoms with E-state index in [9.17, 15) is 14.4 Å². The van der Waals surface area contributed by atoms with Crippen molar-refractivity contribution in [2.24, 2.45) is 0 Å². The summed E-state index contributed by atoms with van der Waals surface area (Å²) in [6, 6.07) is 8.52. The molecule has 7 heteroatoms. The fourth-order valence-corrected chi connectivity index (χ4v) is 3.03. The molecule has 0 bridgehead atoms. The largest absolute Gasteiger partial charge is 0.445 e. The Labute approximate surface area is 186 Å². The topological polar surface area (TPSA) is 96.5 Å². The summed E-state index contributed by atoms with van der Waals surface area (Å²) in [7, 11) is 0. The molecule has 0 aliphatic rings. The molecule has 0 radical (unpaired) electrons. The van der Waals surface area contributed by atoms with Gasteiger partial charge >= 0.3 is 6.09 Å². The summed E-state index contributed by atoms with van der Waals surface area (Å²) >= 11 is 0. The minimum absolute atomic E-state index is 0.0187. The Balaban J connectivity index is 2.48. The number of nitrogens with one attached hydrogen (secondary N) is 3. The van der Waals surface area contributed by atoms with Gasteiger partial charge in [-0.15, -0.1) is 0 Å². The standard InChI is InChI=1S/C24H39N3O4/c1-3-5-7-12-16-22(28)27-21(23(29)25-17-13-8-6-4-2)18-26-24(30)31-19-20-14-10-9-11-15-20/h9-11,14-15,21H,3-8,12-13,16-19H2,1-2H3,(H,25,29)(H,26,30)(H,27,28)/t21-/m0/s1. The first-order valence-corrected chi connectivity index (χ1v) is 11.6. The van der Waals surface area contributed by atoms with E-state index in [4.69, 9.17) is 4.74 Å². The highest BCUT2D eigenvalue weighted by molar-refractivity contribution is 5.88. The minimum Gasteiger partial charge on any atom is -0.445 e. The Morgan fingerprint density at radius 1 is 0.871 bits per heavy atom. The molecule has 1 rings (SSSR count). The smallest absolute Gasteiger partial charge is 0.407 e. The molecule has 0 aromatic heterocycles.